The molecule has 3 N–H and O–H groups in total. The number of rotatable bonds is 7. The van der Waals surface area contributed by atoms with Gasteiger partial charge < -0.3 is 11.1 Å². The maximum atomic E-state index is 11.9. The molecule has 21 heavy (non-hydrogen) atoms. The average Bonchev–Trinajstić information content (AvgIpc) is 2.42. The zero-order valence-electron chi connectivity index (χ0n) is 12.8. The maximum Gasteiger partial charge on any atom is 0.236 e. The summed E-state index contributed by atoms with van der Waals surface area (Å²) in [6.07, 6.45) is 6.43. The Bertz CT molecular complexity index is 432. The third-order valence-electron chi connectivity index (χ3n) is 4.41. The minimum atomic E-state index is -0.353. The topological polar surface area (TPSA) is 55.1 Å². The number of hydrogen-bond acceptors (Lipinski definition) is 2. The van der Waals surface area contributed by atoms with Crippen LogP contribution in [-0.4, -0.2) is 18.5 Å². The monoisotopic (exact) mass is 310 g/mol. The van der Waals surface area contributed by atoms with Gasteiger partial charge in [0.1, 0.15) is 0 Å². The second-order valence-electron chi connectivity index (χ2n) is 6.13. The fourth-order valence-electron chi connectivity index (χ4n) is 2.97. The molecule has 2 rings (SSSR count). The van der Waals surface area contributed by atoms with Crippen LogP contribution in [0.5, 0.6) is 0 Å². The zero-order chi connectivity index (χ0) is 14.4. The minimum absolute atomic E-state index is 0. The summed E-state index contributed by atoms with van der Waals surface area (Å²) in [5, 5.41) is 3.07. The normalized spacial score (nSPS) is 17.2. The van der Waals surface area contributed by atoms with Crippen LogP contribution in [0.3, 0.4) is 0 Å². The van der Waals surface area contributed by atoms with Gasteiger partial charge in [-0.3, -0.25) is 4.79 Å². The molecular weight excluding hydrogens is 284 g/mol. The van der Waals surface area contributed by atoms with Gasteiger partial charge in [0.2, 0.25) is 5.91 Å². The lowest BCUT2D eigenvalue weighted by atomic mass is 9.65. The molecule has 1 unspecified atom stereocenters. The summed E-state index contributed by atoms with van der Waals surface area (Å²) in [4.78, 5) is 11.9. The Hall–Kier alpha value is -1.06. The summed E-state index contributed by atoms with van der Waals surface area (Å²) >= 11 is 0. The highest BCUT2D eigenvalue weighted by molar-refractivity contribution is 5.85. The maximum absolute atomic E-state index is 11.9. The molecule has 1 fully saturated rings. The molecule has 1 aromatic carbocycles. The minimum Gasteiger partial charge on any atom is -0.354 e. The Morgan fingerprint density at radius 3 is 2.52 bits per heavy atom. The quantitative estimate of drug-likeness (QED) is 0.813. The van der Waals surface area contributed by atoms with Crippen LogP contribution >= 0.6 is 12.4 Å². The lowest BCUT2D eigenvalue weighted by Gasteiger charge is -2.42. The van der Waals surface area contributed by atoms with E-state index in [4.69, 9.17) is 5.73 Å². The fraction of sp³-hybridized carbons (Fsp3) is 0.588. The van der Waals surface area contributed by atoms with E-state index < -0.39 is 0 Å². The number of benzene rings is 1. The van der Waals surface area contributed by atoms with Gasteiger partial charge >= 0.3 is 0 Å². The van der Waals surface area contributed by atoms with E-state index >= 15 is 0 Å². The highest BCUT2D eigenvalue weighted by Gasteiger charge is 2.37. The number of halogens is 1. The van der Waals surface area contributed by atoms with Gasteiger partial charge in [0.25, 0.3) is 0 Å². The van der Waals surface area contributed by atoms with Crippen LogP contribution in [0.1, 0.15) is 44.6 Å². The average molecular weight is 311 g/mol. The molecule has 3 nitrogen and oxygen atoms in total. The first-order valence-electron chi connectivity index (χ1n) is 7.72. The van der Waals surface area contributed by atoms with Crippen LogP contribution < -0.4 is 11.1 Å². The van der Waals surface area contributed by atoms with Crippen molar-refractivity contribution < 1.29 is 4.79 Å². The first-order valence-corrected chi connectivity index (χ1v) is 7.72. The highest BCUT2D eigenvalue weighted by atomic mass is 35.5. The molecule has 0 saturated heterocycles. The first-order chi connectivity index (χ1) is 9.65. The highest BCUT2D eigenvalue weighted by Crippen LogP contribution is 2.43. The van der Waals surface area contributed by atoms with Crippen LogP contribution in [0.4, 0.5) is 0 Å². The standard InChI is InChI=1S/C17H26N2O.ClH/c1-2-7-15(18)16(20)19-13-17(10-6-11-17)12-14-8-4-3-5-9-14;/h3-5,8-9,15H,2,6-7,10-13,18H2,1H3,(H,19,20);1H. The number of carbonyl (C=O) groups is 1. The third-order valence-corrected chi connectivity index (χ3v) is 4.41. The molecule has 1 amide bonds. The summed E-state index contributed by atoms with van der Waals surface area (Å²) in [5.74, 6) is 0.00573. The number of hydrogen-bond donors (Lipinski definition) is 2. The molecule has 1 aliphatic rings. The fourth-order valence-corrected chi connectivity index (χ4v) is 2.97. The van der Waals surface area contributed by atoms with Crippen molar-refractivity contribution in [1.29, 1.82) is 0 Å². The van der Waals surface area contributed by atoms with Gasteiger partial charge in [-0.15, -0.1) is 12.4 Å². The van der Waals surface area contributed by atoms with Crippen molar-refractivity contribution in [2.24, 2.45) is 11.1 Å². The van der Waals surface area contributed by atoms with Crippen LogP contribution in [0.25, 0.3) is 0 Å². The summed E-state index contributed by atoms with van der Waals surface area (Å²) in [7, 11) is 0. The first kappa shape index (κ1) is 18.0. The molecule has 0 aliphatic heterocycles. The zero-order valence-corrected chi connectivity index (χ0v) is 13.6. The number of amides is 1. The predicted octanol–water partition coefficient (Wildman–Crippen LogP) is 3.06. The van der Waals surface area contributed by atoms with Crippen LogP contribution in [0.2, 0.25) is 0 Å². The van der Waals surface area contributed by atoms with E-state index in [0.717, 1.165) is 25.8 Å². The summed E-state index contributed by atoms with van der Waals surface area (Å²) in [5.41, 5.74) is 7.47. The Labute approximate surface area is 134 Å². The Kier molecular flexibility index (Phi) is 7.20. The molecule has 118 valence electrons. The van der Waals surface area contributed by atoms with E-state index in [-0.39, 0.29) is 29.8 Å². The van der Waals surface area contributed by atoms with Gasteiger partial charge in [-0.05, 0) is 36.7 Å². The second-order valence-corrected chi connectivity index (χ2v) is 6.13. The third kappa shape index (κ3) is 5.01. The second kappa shape index (κ2) is 8.40. The van der Waals surface area contributed by atoms with E-state index in [1.54, 1.807) is 0 Å². The van der Waals surface area contributed by atoms with E-state index in [1.807, 2.05) is 6.07 Å². The number of nitrogens with one attached hydrogen (secondary N) is 1. The molecule has 1 aliphatic carbocycles. The number of carbonyl (C=O) groups excluding carboxylic acids is 1. The van der Waals surface area contributed by atoms with Gasteiger partial charge in [0, 0.05) is 6.54 Å². The van der Waals surface area contributed by atoms with E-state index in [2.05, 4.69) is 36.5 Å². The lowest BCUT2D eigenvalue weighted by Crippen LogP contribution is -2.48. The van der Waals surface area contributed by atoms with E-state index in [1.165, 1.54) is 24.8 Å². The van der Waals surface area contributed by atoms with Gasteiger partial charge in [0.15, 0.2) is 0 Å². The summed E-state index contributed by atoms with van der Waals surface area (Å²) < 4.78 is 0. The van der Waals surface area contributed by atoms with Crippen LogP contribution in [0.15, 0.2) is 30.3 Å². The van der Waals surface area contributed by atoms with Crippen molar-refractivity contribution in [3.63, 3.8) is 0 Å². The molecule has 0 heterocycles. The predicted molar refractivity (Wildman–Crippen MR) is 89.6 cm³/mol. The molecule has 0 radical (unpaired) electrons. The molecule has 1 saturated carbocycles. The van der Waals surface area contributed by atoms with Crippen molar-refractivity contribution in [2.75, 3.05) is 6.54 Å². The molecule has 0 spiro atoms. The van der Waals surface area contributed by atoms with Crippen LogP contribution in [-0.2, 0) is 11.2 Å². The Morgan fingerprint density at radius 2 is 2.00 bits per heavy atom. The van der Waals surface area contributed by atoms with Gasteiger partial charge in [-0.25, -0.2) is 0 Å². The lowest BCUT2D eigenvalue weighted by molar-refractivity contribution is -0.123. The Morgan fingerprint density at radius 1 is 1.33 bits per heavy atom. The molecule has 1 aromatic rings. The van der Waals surface area contributed by atoms with E-state index in [9.17, 15) is 4.79 Å². The Balaban J connectivity index is 0.00000220. The van der Waals surface area contributed by atoms with Gasteiger partial charge in [-0.1, -0.05) is 50.1 Å². The van der Waals surface area contributed by atoms with Gasteiger partial charge in [-0.2, -0.15) is 0 Å². The van der Waals surface area contributed by atoms with Gasteiger partial charge in [0.05, 0.1) is 6.04 Å². The molecule has 4 heteroatoms. The van der Waals surface area contributed by atoms with Crippen LogP contribution in [0, 0.1) is 5.41 Å². The number of nitrogens with two attached hydrogens (primary N) is 1. The summed E-state index contributed by atoms with van der Waals surface area (Å²) in [6, 6.07) is 10.2. The van der Waals surface area contributed by atoms with Crippen molar-refractivity contribution in [3.8, 4) is 0 Å². The molecule has 1 atom stereocenters. The SMILES string of the molecule is CCCC(N)C(=O)NCC1(Cc2ccccc2)CCC1.Cl. The van der Waals surface area contributed by atoms with Crippen molar-refractivity contribution in [1.82, 2.24) is 5.32 Å². The smallest absolute Gasteiger partial charge is 0.236 e. The molecule has 0 bridgehead atoms. The van der Waals surface area contributed by atoms with Crippen molar-refractivity contribution in [3.05, 3.63) is 35.9 Å². The molecule has 0 aromatic heterocycles. The largest absolute Gasteiger partial charge is 0.354 e. The summed E-state index contributed by atoms with van der Waals surface area (Å²) in [6.45, 7) is 2.81. The van der Waals surface area contributed by atoms with Crippen molar-refractivity contribution in [2.45, 2.75) is 51.5 Å². The van der Waals surface area contributed by atoms with Crippen molar-refractivity contribution >= 4 is 18.3 Å². The van der Waals surface area contributed by atoms with E-state index in [0.29, 0.717) is 0 Å². The molecular formula is C17H27ClN2O.